The summed E-state index contributed by atoms with van der Waals surface area (Å²) in [5.74, 6) is 0. The summed E-state index contributed by atoms with van der Waals surface area (Å²) < 4.78 is 1.80. The number of benzene rings is 1. The molecule has 0 aliphatic heterocycles. The van der Waals surface area contributed by atoms with Crippen molar-refractivity contribution < 1.29 is 4.92 Å². The van der Waals surface area contributed by atoms with Gasteiger partial charge in [0.05, 0.1) is 21.3 Å². The van der Waals surface area contributed by atoms with Crippen LogP contribution < -0.4 is 5.73 Å². The summed E-state index contributed by atoms with van der Waals surface area (Å²) in [5.41, 5.74) is 8.57. The third kappa shape index (κ3) is 2.35. The summed E-state index contributed by atoms with van der Waals surface area (Å²) in [6.45, 7) is 0.250. The van der Waals surface area contributed by atoms with Crippen LogP contribution in [0.25, 0.3) is 16.9 Å². The van der Waals surface area contributed by atoms with Crippen molar-refractivity contribution in [1.82, 2.24) is 9.38 Å². The number of pyridine rings is 1. The van der Waals surface area contributed by atoms with Gasteiger partial charge in [0, 0.05) is 30.4 Å². The van der Waals surface area contributed by atoms with Gasteiger partial charge < -0.3 is 10.1 Å². The largest absolute Gasteiger partial charge is 0.325 e. The summed E-state index contributed by atoms with van der Waals surface area (Å²) in [4.78, 5) is 15.0. The van der Waals surface area contributed by atoms with Gasteiger partial charge in [0.1, 0.15) is 5.65 Å². The molecule has 0 bridgehead atoms. The average molecular weight is 303 g/mol. The van der Waals surface area contributed by atoms with Crippen LogP contribution in [0, 0.1) is 10.1 Å². The van der Waals surface area contributed by atoms with Crippen molar-refractivity contribution in [3.8, 4) is 11.3 Å². The van der Waals surface area contributed by atoms with Crippen molar-refractivity contribution in [2.24, 2.45) is 5.73 Å². The number of nitro benzene ring substituents is 1. The number of halogens is 1. The first-order valence-corrected chi connectivity index (χ1v) is 6.59. The first-order valence-electron chi connectivity index (χ1n) is 6.21. The first kappa shape index (κ1) is 13.5. The molecule has 106 valence electrons. The van der Waals surface area contributed by atoms with Gasteiger partial charge in [0.25, 0.3) is 5.69 Å². The minimum atomic E-state index is -0.432. The summed E-state index contributed by atoms with van der Waals surface area (Å²) in [5, 5.41) is 11.5. The second-order valence-corrected chi connectivity index (χ2v) is 4.93. The smallest absolute Gasteiger partial charge is 0.270 e. The maximum absolute atomic E-state index is 10.9. The minimum Gasteiger partial charge on any atom is -0.325 e. The van der Waals surface area contributed by atoms with E-state index in [4.69, 9.17) is 17.3 Å². The number of non-ortho nitro benzene ring substituents is 1. The van der Waals surface area contributed by atoms with Crippen molar-refractivity contribution in [1.29, 1.82) is 0 Å². The van der Waals surface area contributed by atoms with Gasteiger partial charge in [-0.3, -0.25) is 10.1 Å². The van der Waals surface area contributed by atoms with E-state index in [1.165, 1.54) is 12.1 Å². The van der Waals surface area contributed by atoms with Gasteiger partial charge in [-0.25, -0.2) is 4.98 Å². The molecule has 2 aromatic heterocycles. The van der Waals surface area contributed by atoms with Gasteiger partial charge in [-0.1, -0.05) is 23.7 Å². The van der Waals surface area contributed by atoms with Crippen LogP contribution in [0.15, 0.2) is 42.6 Å². The molecule has 3 aromatic rings. The third-order valence-electron chi connectivity index (χ3n) is 3.21. The standard InChI is InChI=1S/C14H11ClN4O2/c15-10-4-5-13-17-14(12(7-16)18(13)8-10)9-2-1-3-11(6-9)19(20)21/h1-6,8H,7,16H2. The van der Waals surface area contributed by atoms with E-state index in [0.717, 1.165) is 5.69 Å². The zero-order chi connectivity index (χ0) is 15.0. The Morgan fingerprint density at radius 2 is 2.14 bits per heavy atom. The molecule has 0 spiro atoms. The van der Waals surface area contributed by atoms with E-state index >= 15 is 0 Å². The second-order valence-electron chi connectivity index (χ2n) is 4.49. The quantitative estimate of drug-likeness (QED) is 0.595. The van der Waals surface area contributed by atoms with Crippen molar-refractivity contribution in [2.75, 3.05) is 0 Å². The number of rotatable bonds is 3. The molecule has 0 unspecified atom stereocenters. The van der Waals surface area contributed by atoms with Gasteiger partial charge in [-0.05, 0) is 12.1 Å². The van der Waals surface area contributed by atoms with Crippen LogP contribution in [0.1, 0.15) is 5.69 Å². The Morgan fingerprint density at radius 1 is 1.33 bits per heavy atom. The zero-order valence-corrected chi connectivity index (χ0v) is 11.6. The number of nitro groups is 1. The molecule has 7 heteroatoms. The Balaban J connectivity index is 2.24. The van der Waals surface area contributed by atoms with Gasteiger partial charge in [-0.15, -0.1) is 0 Å². The van der Waals surface area contributed by atoms with Crippen LogP contribution in [-0.2, 0) is 6.54 Å². The van der Waals surface area contributed by atoms with Crippen molar-refractivity contribution in [3.63, 3.8) is 0 Å². The van der Waals surface area contributed by atoms with Crippen LogP contribution >= 0.6 is 11.6 Å². The lowest BCUT2D eigenvalue weighted by molar-refractivity contribution is -0.384. The summed E-state index contributed by atoms with van der Waals surface area (Å²) in [7, 11) is 0. The number of aromatic nitrogens is 2. The highest BCUT2D eigenvalue weighted by Gasteiger charge is 2.15. The van der Waals surface area contributed by atoms with Crippen LogP contribution in [0.3, 0.4) is 0 Å². The van der Waals surface area contributed by atoms with E-state index in [0.29, 0.717) is 21.9 Å². The molecule has 0 aliphatic carbocycles. The number of fused-ring (bicyclic) bond motifs is 1. The van der Waals surface area contributed by atoms with Gasteiger partial charge >= 0.3 is 0 Å². The molecule has 6 nitrogen and oxygen atoms in total. The van der Waals surface area contributed by atoms with Crippen LogP contribution in [0.4, 0.5) is 5.69 Å². The number of hydrogen-bond acceptors (Lipinski definition) is 4. The van der Waals surface area contributed by atoms with E-state index < -0.39 is 4.92 Å². The van der Waals surface area contributed by atoms with E-state index in [9.17, 15) is 10.1 Å². The lowest BCUT2D eigenvalue weighted by atomic mass is 10.1. The normalized spacial score (nSPS) is 11.0. The molecule has 2 heterocycles. The molecule has 0 fully saturated rings. The number of nitrogens with zero attached hydrogens (tertiary/aromatic N) is 3. The van der Waals surface area contributed by atoms with E-state index in [1.807, 2.05) is 0 Å². The van der Waals surface area contributed by atoms with E-state index in [-0.39, 0.29) is 12.2 Å². The SMILES string of the molecule is NCc1c(-c2cccc([N+](=O)[O-])c2)nc2ccc(Cl)cn12. The number of nitrogens with two attached hydrogens (primary N) is 1. The highest BCUT2D eigenvalue weighted by molar-refractivity contribution is 6.30. The van der Waals surface area contributed by atoms with E-state index in [1.54, 1.807) is 34.9 Å². The Hall–Kier alpha value is -2.44. The number of hydrogen-bond donors (Lipinski definition) is 1. The number of imidazole rings is 1. The topological polar surface area (TPSA) is 86.5 Å². The lowest BCUT2D eigenvalue weighted by Gasteiger charge is -2.02. The van der Waals surface area contributed by atoms with Crippen LogP contribution in [0.5, 0.6) is 0 Å². The van der Waals surface area contributed by atoms with Crippen molar-refractivity contribution in [2.45, 2.75) is 6.54 Å². The second kappa shape index (κ2) is 5.16. The lowest BCUT2D eigenvalue weighted by Crippen LogP contribution is -2.02. The van der Waals surface area contributed by atoms with Crippen LogP contribution in [-0.4, -0.2) is 14.3 Å². The fourth-order valence-corrected chi connectivity index (χ4v) is 2.42. The van der Waals surface area contributed by atoms with Crippen molar-refractivity contribution >= 4 is 22.9 Å². The average Bonchev–Trinajstić information content (AvgIpc) is 2.85. The zero-order valence-electron chi connectivity index (χ0n) is 10.9. The molecular weight excluding hydrogens is 292 g/mol. The maximum Gasteiger partial charge on any atom is 0.270 e. The Bertz CT molecular complexity index is 844. The molecule has 0 amide bonds. The van der Waals surface area contributed by atoms with E-state index in [2.05, 4.69) is 4.98 Å². The molecule has 0 saturated carbocycles. The Labute approximate surface area is 124 Å². The van der Waals surface area contributed by atoms with Crippen LogP contribution in [0.2, 0.25) is 5.02 Å². The minimum absolute atomic E-state index is 0.0190. The highest BCUT2D eigenvalue weighted by atomic mass is 35.5. The predicted molar refractivity (Wildman–Crippen MR) is 80.2 cm³/mol. The molecule has 0 atom stereocenters. The monoisotopic (exact) mass is 302 g/mol. The summed E-state index contributed by atoms with van der Waals surface area (Å²) in [6.07, 6.45) is 1.73. The van der Waals surface area contributed by atoms with Gasteiger partial charge in [-0.2, -0.15) is 0 Å². The molecule has 21 heavy (non-hydrogen) atoms. The summed E-state index contributed by atoms with van der Waals surface area (Å²) in [6, 6.07) is 9.85. The Morgan fingerprint density at radius 3 is 2.86 bits per heavy atom. The van der Waals surface area contributed by atoms with Crippen molar-refractivity contribution in [3.05, 3.63) is 63.4 Å². The molecule has 3 rings (SSSR count). The van der Waals surface area contributed by atoms with Gasteiger partial charge in [0.15, 0.2) is 0 Å². The predicted octanol–water partition coefficient (Wildman–Crippen LogP) is 3.02. The molecule has 0 aliphatic rings. The fourth-order valence-electron chi connectivity index (χ4n) is 2.26. The molecule has 0 radical (unpaired) electrons. The summed E-state index contributed by atoms with van der Waals surface area (Å²) >= 11 is 5.99. The third-order valence-corrected chi connectivity index (χ3v) is 3.43. The fraction of sp³-hybridized carbons (Fsp3) is 0.0714. The Kier molecular flexibility index (Phi) is 3.32. The maximum atomic E-state index is 10.9. The first-order chi connectivity index (χ1) is 10.1. The van der Waals surface area contributed by atoms with Gasteiger partial charge in [0.2, 0.25) is 0 Å². The molecule has 0 saturated heterocycles. The molecular formula is C14H11ClN4O2. The molecule has 1 aromatic carbocycles. The molecule has 2 N–H and O–H groups in total. The highest BCUT2D eigenvalue weighted by Crippen LogP contribution is 2.28.